The molecule has 0 spiro atoms. The van der Waals surface area contributed by atoms with Crippen LogP contribution < -0.4 is 35.9 Å². The number of hydrogen-bond acceptors (Lipinski definition) is 23. The van der Waals surface area contributed by atoms with Gasteiger partial charge < -0.3 is 69.0 Å². The second kappa shape index (κ2) is 25.0. The van der Waals surface area contributed by atoms with Crippen LogP contribution in [0, 0.1) is 5.41 Å². The van der Waals surface area contributed by atoms with E-state index in [4.69, 9.17) is 10.5 Å². The molecular formula is C34H52N7O18P3S-4. The fourth-order valence-electron chi connectivity index (χ4n) is 5.74. The van der Waals surface area contributed by atoms with Gasteiger partial charge in [-0.1, -0.05) is 63.9 Å². The second-order valence-electron chi connectivity index (χ2n) is 14.8. The Bertz CT molecular complexity index is 2040. The number of rotatable bonds is 29. The zero-order valence-corrected chi connectivity index (χ0v) is 38.1. The summed E-state index contributed by atoms with van der Waals surface area (Å²) in [7, 11) is -17.6. The zero-order chi connectivity index (χ0) is 47.0. The van der Waals surface area contributed by atoms with Gasteiger partial charge in [-0.05, 0) is 19.3 Å². The van der Waals surface area contributed by atoms with E-state index in [2.05, 4.69) is 50.4 Å². The third kappa shape index (κ3) is 18.8. The summed E-state index contributed by atoms with van der Waals surface area (Å²) in [5.41, 5.74) is 4.04. The lowest BCUT2D eigenvalue weighted by molar-refractivity contribution is -0.347. The number of ether oxygens (including phenoxy) is 1. The van der Waals surface area contributed by atoms with Crippen molar-refractivity contribution in [1.82, 2.24) is 30.2 Å². The van der Waals surface area contributed by atoms with E-state index < -0.39 is 84.6 Å². The van der Waals surface area contributed by atoms with Crippen LogP contribution in [-0.2, 0) is 55.5 Å². The number of aromatic nitrogens is 4. The van der Waals surface area contributed by atoms with Gasteiger partial charge >= 0.3 is 0 Å². The Balaban J connectivity index is 1.39. The van der Waals surface area contributed by atoms with Crippen LogP contribution in [0.1, 0.15) is 84.8 Å². The lowest BCUT2D eigenvalue weighted by atomic mass is 9.87. The monoisotopic (exact) mass is 971 g/mol. The molecule has 1 fully saturated rings. The number of phosphoric ester groups is 3. The number of Topliss-reactive ketones (excluding diaryl/α,β-unsaturated/α-hetero) is 1. The molecule has 7 atom stereocenters. The SMILES string of the molecule is CCCCCC/C=C/CCC(=O)CC(=O)SCCNC(=O)CCNC(=O)[C@H](O)C(C)(C)COP(=O)([O-])OP(=O)([O-])OC[C@H]1O[C@@H](n2cnc3c(N)ncnc32)[C@H](O)[C@@H]1OP(=O)([O-])[O-]. The molecule has 2 aromatic heterocycles. The molecule has 0 aliphatic carbocycles. The van der Waals surface area contributed by atoms with Gasteiger partial charge in [-0.25, -0.2) is 19.3 Å². The highest BCUT2D eigenvalue weighted by molar-refractivity contribution is 8.13. The lowest BCUT2D eigenvalue weighted by Crippen LogP contribution is -2.46. The molecule has 6 N–H and O–H groups in total. The number of unbranched alkanes of at least 4 members (excludes halogenated alkanes) is 4. The number of nitrogen functional groups attached to an aromatic ring is 1. The number of ketones is 1. The fraction of sp³-hybridized carbons (Fsp3) is 0.676. The summed E-state index contributed by atoms with van der Waals surface area (Å²) in [5.74, 6) is -1.60. The summed E-state index contributed by atoms with van der Waals surface area (Å²) >= 11 is 0.903. The van der Waals surface area contributed by atoms with Crippen LogP contribution in [0.15, 0.2) is 24.8 Å². The Morgan fingerprint density at radius 1 is 1.00 bits per heavy atom. The molecule has 3 heterocycles. The van der Waals surface area contributed by atoms with Crippen LogP contribution in [0.3, 0.4) is 0 Å². The van der Waals surface area contributed by atoms with E-state index in [1.54, 1.807) is 0 Å². The number of allylic oxidation sites excluding steroid dienone is 2. The lowest BCUT2D eigenvalue weighted by Gasteiger charge is -2.36. The van der Waals surface area contributed by atoms with Crippen LogP contribution in [0.4, 0.5) is 5.82 Å². The van der Waals surface area contributed by atoms with Gasteiger partial charge in [0.2, 0.25) is 11.8 Å². The molecule has 2 unspecified atom stereocenters. The highest BCUT2D eigenvalue weighted by Crippen LogP contribution is 2.56. The molecule has 0 saturated carbocycles. The van der Waals surface area contributed by atoms with E-state index in [0.29, 0.717) is 6.42 Å². The summed E-state index contributed by atoms with van der Waals surface area (Å²) in [6, 6.07) is 0. The average molecular weight is 972 g/mol. The van der Waals surface area contributed by atoms with Gasteiger partial charge in [-0.3, -0.25) is 32.9 Å². The Labute approximate surface area is 366 Å². The number of carbonyl (C=O) groups excluding carboxylic acids is 4. The number of nitrogens with two attached hydrogens (primary N) is 1. The smallest absolute Gasteiger partial charge is 0.274 e. The number of nitrogens with zero attached hydrogens (tertiary/aromatic N) is 4. The number of phosphoric acid groups is 3. The van der Waals surface area contributed by atoms with E-state index in [0.717, 1.165) is 48.2 Å². The number of imidazole rings is 1. The first-order chi connectivity index (χ1) is 29.4. The number of aliphatic hydroxyl groups excluding tert-OH is 2. The fourth-order valence-corrected chi connectivity index (χ4v) is 9.17. The molecule has 1 saturated heterocycles. The summed E-state index contributed by atoms with van der Waals surface area (Å²) < 4.78 is 60.6. The minimum Gasteiger partial charge on any atom is -0.790 e. The topological polar surface area (TPSA) is 392 Å². The summed E-state index contributed by atoms with van der Waals surface area (Å²) in [6.45, 7) is 2.05. The molecule has 2 aromatic rings. The molecule has 25 nitrogen and oxygen atoms in total. The molecule has 29 heteroatoms. The molecule has 63 heavy (non-hydrogen) atoms. The van der Waals surface area contributed by atoms with Crippen molar-refractivity contribution in [1.29, 1.82) is 0 Å². The number of anilines is 1. The minimum absolute atomic E-state index is 0.0272. The van der Waals surface area contributed by atoms with Gasteiger partial charge in [0.1, 0.15) is 42.0 Å². The predicted molar refractivity (Wildman–Crippen MR) is 215 cm³/mol. The van der Waals surface area contributed by atoms with Crippen molar-refractivity contribution in [3.63, 3.8) is 0 Å². The van der Waals surface area contributed by atoms with Crippen LogP contribution in [-0.4, -0.2) is 109 Å². The first-order valence-corrected chi connectivity index (χ1v) is 25.0. The maximum atomic E-state index is 12.6. The van der Waals surface area contributed by atoms with Gasteiger partial charge in [-0.2, -0.15) is 0 Å². The maximum Gasteiger partial charge on any atom is 0.274 e. The average Bonchev–Trinajstić information content (AvgIpc) is 3.75. The number of fused-ring (bicyclic) bond motifs is 1. The molecule has 356 valence electrons. The number of hydrogen-bond donors (Lipinski definition) is 5. The largest absolute Gasteiger partial charge is 0.790 e. The van der Waals surface area contributed by atoms with E-state index in [1.165, 1.54) is 26.7 Å². The van der Waals surface area contributed by atoms with Gasteiger partial charge in [-0.15, -0.1) is 0 Å². The molecular weight excluding hydrogens is 919 g/mol. The van der Waals surface area contributed by atoms with Crippen molar-refractivity contribution < 1.29 is 85.3 Å². The number of thioether (sulfide) groups is 1. The van der Waals surface area contributed by atoms with Crippen molar-refractivity contribution in [2.45, 2.75) is 109 Å². The number of amides is 2. The standard InChI is InChI=1S/C34H56N7O18P3S/c1-4-5-6-7-8-9-10-11-12-22(42)17-25(44)63-16-15-36-24(43)13-14-37-32(47)29(46)34(2,3)19-56-62(53,54)59-61(51,52)55-18-23-28(58-60(48,49)50)27(45)33(57-23)41-21-40-26-30(35)38-20-39-31(26)41/h9-10,20-21,23,27-29,33,45-46H,4-8,11-19H2,1-3H3,(H,36,43)(H,37,47)(H,51,52)(H,53,54)(H2,35,38,39)(H2,48,49,50)/p-4/b10-9+/t23-,27-,28-,29+,33-/m1/s1. The molecule has 3 rings (SSSR count). The Hall–Kier alpha value is -3.03. The van der Waals surface area contributed by atoms with Gasteiger partial charge in [0.15, 0.2) is 22.8 Å². The van der Waals surface area contributed by atoms with Crippen LogP contribution >= 0.6 is 35.2 Å². The van der Waals surface area contributed by atoms with Gasteiger partial charge in [0.05, 0.1) is 33.8 Å². The first-order valence-electron chi connectivity index (χ1n) is 19.6. The maximum absolute atomic E-state index is 12.6. The first kappa shape index (κ1) is 54.3. The Kier molecular flexibility index (Phi) is 21.6. The molecule has 0 aromatic carbocycles. The van der Waals surface area contributed by atoms with Crippen LogP contribution in [0.25, 0.3) is 11.2 Å². The summed E-state index contributed by atoms with van der Waals surface area (Å²) in [4.78, 5) is 109. The third-order valence-corrected chi connectivity index (χ3v) is 12.9. The van der Waals surface area contributed by atoms with E-state index >= 15 is 0 Å². The number of carbonyl (C=O) groups is 4. The third-order valence-electron chi connectivity index (χ3n) is 9.06. The molecule has 0 bridgehead atoms. The van der Waals surface area contributed by atoms with Crippen molar-refractivity contribution in [2.24, 2.45) is 5.41 Å². The molecule has 1 aliphatic rings. The van der Waals surface area contributed by atoms with Gasteiger partial charge in [0, 0.05) is 37.1 Å². The minimum atomic E-state index is -5.93. The van der Waals surface area contributed by atoms with E-state index in [9.17, 15) is 62.7 Å². The Morgan fingerprint density at radius 3 is 2.40 bits per heavy atom. The summed E-state index contributed by atoms with van der Waals surface area (Å²) in [5, 5.41) is 25.9. The van der Waals surface area contributed by atoms with Crippen molar-refractivity contribution in [3.05, 3.63) is 24.8 Å². The van der Waals surface area contributed by atoms with Crippen LogP contribution in [0.2, 0.25) is 0 Å². The number of nitrogens with one attached hydrogen (secondary N) is 2. The van der Waals surface area contributed by atoms with Crippen molar-refractivity contribution >= 4 is 74.9 Å². The van der Waals surface area contributed by atoms with E-state index in [-0.39, 0.29) is 66.0 Å². The molecule has 1 aliphatic heterocycles. The van der Waals surface area contributed by atoms with E-state index in [1.807, 2.05) is 12.2 Å². The normalized spacial score (nSPS) is 20.7. The second-order valence-corrected chi connectivity index (χ2v) is 20.0. The Morgan fingerprint density at radius 2 is 1.70 bits per heavy atom. The highest BCUT2D eigenvalue weighted by Gasteiger charge is 2.47. The quantitative estimate of drug-likeness (QED) is 0.0294. The number of aliphatic hydroxyl groups is 2. The predicted octanol–water partition coefficient (Wildman–Crippen LogP) is -0.597. The summed E-state index contributed by atoms with van der Waals surface area (Å²) in [6.07, 6.45) is 2.51. The van der Waals surface area contributed by atoms with Crippen molar-refractivity contribution in [3.8, 4) is 0 Å². The van der Waals surface area contributed by atoms with Crippen LogP contribution in [0.5, 0.6) is 0 Å². The van der Waals surface area contributed by atoms with Crippen molar-refractivity contribution in [2.75, 3.05) is 37.8 Å². The highest BCUT2D eigenvalue weighted by atomic mass is 32.2. The van der Waals surface area contributed by atoms with Gasteiger partial charge in [0.25, 0.3) is 15.6 Å². The zero-order valence-electron chi connectivity index (χ0n) is 34.6. The molecule has 2 amide bonds. The molecule has 0 radical (unpaired) electrons.